The van der Waals surface area contributed by atoms with Crippen molar-refractivity contribution in [3.8, 4) is 0 Å². The molecule has 20 heavy (non-hydrogen) atoms. The molecule has 1 aromatic rings. The van der Waals surface area contributed by atoms with Gasteiger partial charge in [-0.05, 0) is 38.8 Å². The fourth-order valence-corrected chi connectivity index (χ4v) is 2.53. The molecule has 4 nitrogen and oxygen atoms in total. The Morgan fingerprint density at radius 3 is 2.70 bits per heavy atom. The van der Waals surface area contributed by atoms with Crippen LogP contribution in [0.4, 0.5) is 4.79 Å². The maximum Gasteiger partial charge on any atom is 0.408 e. The van der Waals surface area contributed by atoms with Gasteiger partial charge < -0.3 is 14.8 Å². The highest BCUT2D eigenvalue weighted by Gasteiger charge is 2.34. The average Bonchev–Trinajstić information content (AvgIpc) is 2.66. The van der Waals surface area contributed by atoms with Crippen molar-refractivity contribution in [2.75, 3.05) is 6.61 Å². The predicted octanol–water partition coefficient (Wildman–Crippen LogP) is 3.21. The number of benzene rings is 1. The zero-order valence-corrected chi connectivity index (χ0v) is 12.6. The molecule has 4 heteroatoms. The second kappa shape index (κ2) is 5.83. The van der Waals surface area contributed by atoms with Crippen LogP contribution in [-0.4, -0.2) is 24.4 Å². The van der Waals surface area contributed by atoms with Crippen LogP contribution in [0.25, 0.3) is 0 Å². The lowest BCUT2D eigenvalue weighted by Gasteiger charge is -2.25. The van der Waals surface area contributed by atoms with Gasteiger partial charge in [0, 0.05) is 13.0 Å². The van der Waals surface area contributed by atoms with Gasteiger partial charge in [0.15, 0.2) is 0 Å². The van der Waals surface area contributed by atoms with Gasteiger partial charge in [-0.2, -0.15) is 0 Å². The number of alkyl carbamates (subject to hydrolysis) is 1. The Morgan fingerprint density at radius 1 is 1.35 bits per heavy atom. The van der Waals surface area contributed by atoms with Crippen molar-refractivity contribution < 1.29 is 14.3 Å². The molecule has 0 saturated carbocycles. The van der Waals surface area contributed by atoms with Gasteiger partial charge in [-0.15, -0.1) is 0 Å². The van der Waals surface area contributed by atoms with Crippen LogP contribution in [0.5, 0.6) is 0 Å². The third kappa shape index (κ3) is 3.51. The third-order valence-corrected chi connectivity index (χ3v) is 3.24. The van der Waals surface area contributed by atoms with E-state index in [9.17, 15) is 4.79 Å². The van der Waals surface area contributed by atoms with E-state index in [2.05, 4.69) is 11.4 Å². The van der Waals surface area contributed by atoms with Crippen molar-refractivity contribution in [3.05, 3.63) is 35.4 Å². The van der Waals surface area contributed by atoms with E-state index < -0.39 is 11.7 Å². The molecule has 0 aliphatic heterocycles. The Labute approximate surface area is 120 Å². The lowest BCUT2D eigenvalue weighted by Crippen LogP contribution is -2.39. The van der Waals surface area contributed by atoms with E-state index in [1.807, 2.05) is 45.9 Å². The molecule has 0 radical (unpaired) electrons. The van der Waals surface area contributed by atoms with E-state index in [0.717, 1.165) is 12.0 Å². The van der Waals surface area contributed by atoms with Crippen LogP contribution < -0.4 is 5.32 Å². The van der Waals surface area contributed by atoms with Gasteiger partial charge in [-0.25, -0.2) is 4.79 Å². The van der Waals surface area contributed by atoms with Crippen molar-refractivity contribution in [1.82, 2.24) is 5.32 Å². The minimum Gasteiger partial charge on any atom is -0.444 e. The van der Waals surface area contributed by atoms with Gasteiger partial charge in [-0.1, -0.05) is 24.3 Å². The minimum atomic E-state index is -0.497. The summed E-state index contributed by atoms with van der Waals surface area (Å²) in [5.41, 5.74) is 1.85. The molecule has 0 fully saturated rings. The van der Waals surface area contributed by atoms with Crippen LogP contribution in [0.3, 0.4) is 0 Å². The second-order valence-electron chi connectivity index (χ2n) is 6.02. The Bertz CT molecular complexity index is 479. The maximum absolute atomic E-state index is 12.0. The number of hydrogen-bond acceptors (Lipinski definition) is 3. The van der Waals surface area contributed by atoms with E-state index >= 15 is 0 Å². The van der Waals surface area contributed by atoms with E-state index in [-0.39, 0.29) is 12.1 Å². The number of nitrogens with one attached hydrogen (secondary N) is 1. The highest BCUT2D eigenvalue weighted by Crippen LogP contribution is 2.33. The summed E-state index contributed by atoms with van der Waals surface area (Å²) in [7, 11) is 0. The van der Waals surface area contributed by atoms with Crippen molar-refractivity contribution in [2.24, 2.45) is 0 Å². The second-order valence-corrected chi connectivity index (χ2v) is 6.02. The first-order chi connectivity index (χ1) is 9.40. The maximum atomic E-state index is 12.0. The number of amides is 1. The number of hydrogen-bond donors (Lipinski definition) is 1. The molecule has 0 saturated heterocycles. The van der Waals surface area contributed by atoms with Crippen LogP contribution >= 0.6 is 0 Å². The quantitative estimate of drug-likeness (QED) is 0.923. The van der Waals surface area contributed by atoms with Gasteiger partial charge in [0.05, 0.1) is 12.1 Å². The fourth-order valence-electron chi connectivity index (χ4n) is 2.53. The summed E-state index contributed by atoms with van der Waals surface area (Å²) in [6.45, 7) is 8.16. The minimum absolute atomic E-state index is 0.0232. The number of ether oxygens (including phenoxy) is 2. The molecule has 1 aliphatic rings. The van der Waals surface area contributed by atoms with Crippen molar-refractivity contribution in [2.45, 2.75) is 51.9 Å². The fraction of sp³-hybridized carbons (Fsp3) is 0.562. The summed E-state index contributed by atoms with van der Waals surface area (Å²) >= 11 is 0. The lowest BCUT2D eigenvalue weighted by atomic mass is 10.1. The number of rotatable bonds is 3. The summed E-state index contributed by atoms with van der Waals surface area (Å²) < 4.78 is 11.1. The molecule has 2 atom stereocenters. The van der Waals surface area contributed by atoms with Crippen molar-refractivity contribution >= 4 is 6.09 Å². The molecule has 1 aliphatic carbocycles. The summed E-state index contributed by atoms with van der Waals surface area (Å²) in [4.78, 5) is 12.0. The standard InChI is InChI=1S/C16H23NO3/c1-5-19-13-10-11-8-6-7-9-12(11)14(13)17-15(18)20-16(2,3)4/h6-9,13-14H,5,10H2,1-4H3,(H,17,18)/t13-,14+/m1/s1. The topological polar surface area (TPSA) is 47.6 Å². The number of carbonyl (C=O) groups is 1. The highest BCUT2D eigenvalue weighted by atomic mass is 16.6. The molecular weight excluding hydrogens is 254 g/mol. The van der Waals surface area contributed by atoms with Crippen LogP contribution in [-0.2, 0) is 15.9 Å². The molecule has 1 amide bonds. The third-order valence-electron chi connectivity index (χ3n) is 3.24. The first-order valence-corrected chi connectivity index (χ1v) is 7.09. The molecule has 110 valence electrons. The lowest BCUT2D eigenvalue weighted by molar-refractivity contribution is 0.0245. The van der Waals surface area contributed by atoms with E-state index in [1.54, 1.807) is 0 Å². The molecule has 0 heterocycles. The Kier molecular flexibility index (Phi) is 4.33. The Morgan fingerprint density at radius 2 is 2.05 bits per heavy atom. The molecule has 0 aromatic heterocycles. The number of carbonyl (C=O) groups excluding carboxylic acids is 1. The normalized spacial score (nSPS) is 21.4. The smallest absolute Gasteiger partial charge is 0.408 e. The van der Waals surface area contributed by atoms with Gasteiger partial charge >= 0.3 is 6.09 Å². The van der Waals surface area contributed by atoms with E-state index in [4.69, 9.17) is 9.47 Å². The first kappa shape index (κ1) is 14.9. The van der Waals surface area contributed by atoms with Crippen LogP contribution in [0.1, 0.15) is 44.9 Å². The van der Waals surface area contributed by atoms with Gasteiger partial charge in [0.2, 0.25) is 0 Å². The molecule has 0 bridgehead atoms. The summed E-state index contributed by atoms with van der Waals surface area (Å²) in [5, 5.41) is 2.94. The van der Waals surface area contributed by atoms with Crippen molar-refractivity contribution in [1.29, 1.82) is 0 Å². The summed E-state index contributed by atoms with van der Waals surface area (Å²) in [6, 6.07) is 7.98. The summed E-state index contributed by atoms with van der Waals surface area (Å²) in [6.07, 6.45) is 0.402. The van der Waals surface area contributed by atoms with Crippen LogP contribution in [0.2, 0.25) is 0 Å². The zero-order chi connectivity index (χ0) is 14.8. The SMILES string of the molecule is CCO[C@@H]1Cc2ccccc2[C@@H]1NC(=O)OC(C)(C)C. The van der Waals surface area contributed by atoms with Gasteiger partial charge in [-0.3, -0.25) is 0 Å². The van der Waals surface area contributed by atoms with E-state index in [0.29, 0.717) is 6.61 Å². The zero-order valence-electron chi connectivity index (χ0n) is 12.6. The molecule has 0 spiro atoms. The monoisotopic (exact) mass is 277 g/mol. The molecule has 2 rings (SSSR count). The molecule has 1 N–H and O–H groups in total. The van der Waals surface area contributed by atoms with Crippen LogP contribution in [0, 0.1) is 0 Å². The molecular formula is C16H23NO3. The van der Waals surface area contributed by atoms with E-state index in [1.165, 1.54) is 5.56 Å². The number of fused-ring (bicyclic) bond motifs is 1. The first-order valence-electron chi connectivity index (χ1n) is 7.09. The molecule has 0 unspecified atom stereocenters. The van der Waals surface area contributed by atoms with Gasteiger partial charge in [0.25, 0.3) is 0 Å². The predicted molar refractivity (Wildman–Crippen MR) is 77.7 cm³/mol. The molecule has 1 aromatic carbocycles. The largest absolute Gasteiger partial charge is 0.444 e. The Balaban J connectivity index is 2.12. The van der Waals surface area contributed by atoms with Crippen LogP contribution in [0.15, 0.2) is 24.3 Å². The summed E-state index contributed by atoms with van der Waals surface area (Å²) in [5.74, 6) is 0. The Hall–Kier alpha value is -1.55. The van der Waals surface area contributed by atoms with Crippen molar-refractivity contribution in [3.63, 3.8) is 0 Å². The van der Waals surface area contributed by atoms with Gasteiger partial charge in [0.1, 0.15) is 5.60 Å². The highest BCUT2D eigenvalue weighted by molar-refractivity contribution is 5.69. The average molecular weight is 277 g/mol.